The summed E-state index contributed by atoms with van der Waals surface area (Å²) in [5.41, 5.74) is 0. The number of rotatable bonds is 17. The van der Waals surface area contributed by atoms with E-state index >= 15 is 0 Å². The molecule has 6 nitrogen and oxygen atoms in total. The van der Waals surface area contributed by atoms with Crippen LogP contribution in [-0.2, 0) is 14.4 Å². The number of isocyanates is 3. The molecule has 0 aromatic rings. The van der Waals surface area contributed by atoms with Crippen LogP contribution < -0.4 is 0 Å². The van der Waals surface area contributed by atoms with Crippen molar-refractivity contribution >= 4 is 53.5 Å². The molecule has 0 N–H and O–H groups in total. The molecule has 0 aromatic carbocycles. The fourth-order valence-corrected chi connectivity index (χ4v) is 5.48. The van der Waals surface area contributed by atoms with E-state index in [1.807, 2.05) is 35.3 Å². The molecule has 30 heavy (non-hydrogen) atoms. The lowest BCUT2D eigenvalue weighted by atomic mass is 10.5. The Balaban J connectivity index is -0.000000176. The zero-order valence-corrected chi connectivity index (χ0v) is 16.1. The van der Waals surface area contributed by atoms with Gasteiger partial charge in [-0.15, -0.1) is 0 Å². The molecular formula is C21H47N3O3S3. The molecule has 0 fully saturated rings. The van der Waals surface area contributed by atoms with Gasteiger partial charge in [-0.25, -0.2) is 29.4 Å². The molecule has 0 spiro atoms. The first-order valence-electron chi connectivity index (χ1n) is 7.73. The number of aliphatic imine (C=N–C) groups is 3. The van der Waals surface area contributed by atoms with E-state index in [4.69, 9.17) is 0 Å². The molecule has 0 radical (unpaired) electrons. The van der Waals surface area contributed by atoms with Crippen molar-refractivity contribution < 1.29 is 14.4 Å². The van der Waals surface area contributed by atoms with Crippen molar-refractivity contribution in [1.82, 2.24) is 0 Å². The second-order valence-electron chi connectivity index (χ2n) is 4.62. The standard InChI is InChI=1S/C15H23N3O3S3.6CH4/c19-12-16-4-1-7-22-10-15(24-9-3-6-18-14-21)11-23-8-2-5-17-13-20;;;;;;/h15H,1-11H2;6*1H4. The first kappa shape index (κ1) is 47.1. The van der Waals surface area contributed by atoms with Gasteiger partial charge in [-0.05, 0) is 36.5 Å². The van der Waals surface area contributed by atoms with Gasteiger partial charge in [0.05, 0.1) is 19.6 Å². The minimum Gasteiger partial charge on any atom is -0.211 e. The Labute approximate surface area is 200 Å². The van der Waals surface area contributed by atoms with Gasteiger partial charge in [0, 0.05) is 16.8 Å². The molecule has 0 saturated heterocycles. The summed E-state index contributed by atoms with van der Waals surface area (Å²) in [5.74, 6) is 5.03. The minimum absolute atomic E-state index is 0. The van der Waals surface area contributed by atoms with E-state index < -0.39 is 0 Å². The van der Waals surface area contributed by atoms with Crippen LogP contribution in [0.3, 0.4) is 0 Å². The predicted octanol–water partition coefficient (Wildman–Crippen LogP) is 6.55. The first-order valence-corrected chi connectivity index (χ1v) is 11.1. The number of thioether (sulfide) groups is 3. The van der Waals surface area contributed by atoms with Gasteiger partial charge in [-0.3, -0.25) is 0 Å². The molecule has 0 aliphatic carbocycles. The van der Waals surface area contributed by atoms with Crippen molar-refractivity contribution in [2.24, 2.45) is 15.0 Å². The van der Waals surface area contributed by atoms with Crippen molar-refractivity contribution in [1.29, 1.82) is 0 Å². The Morgan fingerprint density at radius 2 is 0.900 bits per heavy atom. The summed E-state index contributed by atoms with van der Waals surface area (Å²) in [6, 6.07) is 0. The third kappa shape index (κ3) is 37.9. The lowest BCUT2D eigenvalue weighted by Gasteiger charge is -2.15. The maximum absolute atomic E-state index is 10.0. The zero-order chi connectivity index (χ0) is 17.7. The summed E-state index contributed by atoms with van der Waals surface area (Å²) in [6.45, 7) is 1.63. The topological polar surface area (TPSA) is 88.3 Å². The highest BCUT2D eigenvalue weighted by Gasteiger charge is 2.09. The summed E-state index contributed by atoms with van der Waals surface area (Å²) in [7, 11) is 0. The van der Waals surface area contributed by atoms with Gasteiger partial charge in [-0.1, -0.05) is 44.6 Å². The molecule has 9 heteroatoms. The van der Waals surface area contributed by atoms with Crippen molar-refractivity contribution in [3.63, 3.8) is 0 Å². The number of nitrogens with zero attached hydrogens (tertiary/aromatic N) is 3. The van der Waals surface area contributed by atoms with Crippen LogP contribution in [0.15, 0.2) is 15.0 Å². The Bertz CT molecular complexity index is 422. The lowest BCUT2D eigenvalue weighted by Crippen LogP contribution is -2.12. The monoisotopic (exact) mass is 485 g/mol. The van der Waals surface area contributed by atoms with Gasteiger partial charge < -0.3 is 0 Å². The highest BCUT2D eigenvalue weighted by molar-refractivity contribution is 8.05. The van der Waals surface area contributed by atoms with Crippen molar-refractivity contribution in [3.8, 4) is 0 Å². The normalized spacial score (nSPS) is 8.80. The Hall–Kier alpha value is -0.810. The van der Waals surface area contributed by atoms with E-state index in [0.717, 1.165) is 48.0 Å². The van der Waals surface area contributed by atoms with Crippen LogP contribution in [0.5, 0.6) is 0 Å². The Morgan fingerprint density at radius 3 is 1.23 bits per heavy atom. The number of carbonyl (C=O) groups excluding carboxylic acids is 3. The number of hydrogen-bond donors (Lipinski definition) is 0. The minimum atomic E-state index is 0. The average molecular weight is 486 g/mol. The molecule has 0 saturated carbocycles. The third-order valence-corrected chi connectivity index (χ3v) is 6.87. The van der Waals surface area contributed by atoms with Crippen LogP contribution in [-0.4, -0.2) is 71.9 Å². The molecule has 0 unspecified atom stereocenters. The van der Waals surface area contributed by atoms with Crippen LogP contribution in [0.2, 0.25) is 0 Å². The second kappa shape index (κ2) is 42.3. The summed E-state index contributed by atoms with van der Waals surface area (Å²) in [4.78, 5) is 40.7. The Kier molecular flexibility index (Phi) is 66.5. The second-order valence-corrected chi connectivity index (χ2v) is 8.33. The summed E-state index contributed by atoms with van der Waals surface area (Å²) >= 11 is 5.65. The molecule has 0 rings (SSSR count). The fourth-order valence-electron chi connectivity index (χ4n) is 1.60. The number of hydrogen-bond acceptors (Lipinski definition) is 9. The highest BCUT2D eigenvalue weighted by Crippen LogP contribution is 2.22. The first-order chi connectivity index (χ1) is 11.8. The van der Waals surface area contributed by atoms with Gasteiger partial charge in [-0.2, -0.15) is 35.3 Å². The molecular weight excluding hydrogens is 438 g/mol. The molecule has 182 valence electrons. The van der Waals surface area contributed by atoms with E-state index in [1.165, 1.54) is 0 Å². The van der Waals surface area contributed by atoms with Gasteiger partial charge in [0.25, 0.3) is 0 Å². The van der Waals surface area contributed by atoms with E-state index in [9.17, 15) is 14.4 Å². The van der Waals surface area contributed by atoms with E-state index in [2.05, 4.69) is 15.0 Å². The molecule has 0 amide bonds. The van der Waals surface area contributed by atoms with Crippen molar-refractivity contribution in [2.45, 2.75) is 69.1 Å². The summed E-state index contributed by atoms with van der Waals surface area (Å²) in [5, 5.41) is 0.532. The largest absolute Gasteiger partial charge is 0.234 e. The maximum Gasteiger partial charge on any atom is 0.234 e. The molecule has 0 aliphatic rings. The lowest BCUT2D eigenvalue weighted by molar-refractivity contribution is 0.562. The highest BCUT2D eigenvalue weighted by atomic mass is 32.2. The van der Waals surface area contributed by atoms with Crippen LogP contribution >= 0.6 is 35.3 Å². The van der Waals surface area contributed by atoms with Crippen LogP contribution in [0.4, 0.5) is 0 Å². The summed E-state index contributed by atoms with van der Waals surface area (Å²) < 4.78 is 0. The van der Waals surface area contributed by atoms with Crippen LogP contribution in [0.1, 0.15) is 63.8 Å². The quantitative estimate of drug-likeness (QED) is 0.132. The summed E-state index contributed by atoms with van der Waals surface area (Å²) in [6.07, 6.45) is 7.33. The van der Waals surface area contributed by atoms with Crippen molar-refractivity contribution in [3.05, 3.63) is 0 Å². The van der Waals surface area contributed by atoms with Gasteiger partial charge >= 0.3 is 0 Å². The Morgan fingerprint density at radius 1 is 0.567 bits per heavy atom. The fraction of sp³-hybridized carbons (Fsp3) is 0.857. The van der Waals surface area contributed by atoms with E-state index in [0.29, 0.717) is 24.9 Å². The van der Waals surface area contributed by atoms with E-state index in [-0.39, 0.29) is 44.6 Å². The van der Waals surface area contributed by atoms with E-state index in [1.54, 1.807) is 18.2 Å². The van der Waals surface area contributed by atoms with Gasteiger partial charge in [0.1, 0.15) is 0 Å². The van der Waals surface area contributed by atoms with Crippen LogP contribution in [0.25, 0.3) is 0 Å². The van der Waals surface area contributed by atoms with Gasteiger partial charge in [0.15, 0.2) is 0 Å². The SMILES string of the molecule is C.C.C.C.C.C.O=C=NCCCSCC(CSCCCN=C=O)SCCCN=C=O. The smallest absolute Gasteiger partial charge is 0.211 e. The van der Waals surface area contributed by atoms with Crippen molar-refractivity contribution in [2.75, 3.05) is 48.4 Å². The molecule has 0 aromatic heterocycles. The molecule has 0 aliphatic heterocycles. The zero-order valence-electron chi connectivity index (χ0n) is 13.6. The average Bonchev–Trinajstić information content (AvgIpc) is 2.60. The van der Waals surface area contributed by atoms with Crippen LogP contribution in [0, 0.1) is 0 Å². The molecule has 0 heterocycles. The maximum atomic E-state index is 10.0. The predicted molar refractivity (Wildman–Crippen MR) is 144 cm³/mol. The third-order valence-electron chi connectivity index (χ3n) is 2.69. The molecule has 0 atom stereocenters. The van der Waals surface area contributed by atoms with Gasteiger partial charge in [0.2, 0.25) is 18.2 Å². The molecule has 0 bridgehead atoms.